The molecule has 1 aromatic heterocycles. The minimum Gasteiger partial charge on any atom is -0.491 e. The number of ether oxygens (including phenoxy) is 1. The lowest BCUT2D eigenvalue weighted by molar-refractivity contribution is 0.102. The Balaban J connectivity index is 1.54. The molecule has 170 valence electrons. The van der Waals surface area contributed by atoms with Crippen LogP contribution in [0.25, 0.3) is 22.6 Å². The van der Waals surface area contributed by atoms with Gasteiger partial charge >= 0.3 is 0 Å². The van der Waals surface area contributed by atoms with Gasteiger partial charge in [0, 0.05) is 16.8 Å². The molecule has 1 heterocycles. The van der Waals surface area contributed by atoms with Crippen LogP contribution in [0.4, 0.5) is 5.69 Å². The number of carbonyl (C=O) groups is 1. The Hall–Kier alpha value is -3.60. The van der Waals surface area contributed by atoms with Crippen molar-refractivity contribution in [2.75, 3.05) is 5.32 Å². The second kappa shape index (κ2) is 9.90. The zero-order chi connectivity index (χ0) is 23.4. The van der Waals surface area contributed by atoms with Gasteiger partial charge in [0.2, 0.25) is 5.89 Å². The summed E-state index contributed by atoms with van der Waals surface area (Å²) in [6.07, 6.45) is 2.07. The van der Waals surface area contributed by atoms with Crippen LogP contribution in [0.2, 0.25) is 0 Å². The summed E-state index contributed by atoms with van der Waals surface area (Å²) >= 11 is 0. The minimum atomic E-state index is -0.197. The molecule has 0 saturated heterocycles. The molecular formula is C28H30N2O3. The number of hydrogen-bond acceptors (Lipinski definition) is 4. The molecule has 3 aromatic carbocycles. The monoisotopic (exact) mass is 442 g/mol. The van der Waals surface area contributed by atoms with Crippen molar-refractivity contribution in [3.8, 4) is 17.2 Å². The van der Waals surface area contributed by atoms with Gasteiger partial charge in [-0.15, -0.1) is 0 Å². The number of anilines is 1. The summed E-state index contributed by atoms with van der Waals surface area (Å²) in [4.78, 5) is 17.5. The highest BCUT2D eigenvalue weighted by Crippen LogP contribution is 2.29. The van der Waals surface area contributed by atoms with Crippen LogP contribution in [0.3, 0.4) is 0 Å². The lowest BCUT2D eigenvalue weighted by Gasteiger charge is -2.13. The number of aromatic nitrogens is 1. The quantitative estimate of drug-likeness (QED) is 0.308. The number of hydrogen-bond donors (Lipinski definition) is 1. The summed E-state index contributed by atoms with van der Waals surface area (Å²) in [5, 5.41) is 2.96. The van der Waals surface area contributed by atoms with Crippen LogP contribution in [-0.2, 0) is 0 Å². The number of carbonyl (C=O) groups excluding carboxylic acids is 1. The maximum Gasteiger partial charge on any atom is 0.255 e. The van der Waals surface area contributed by atoms with E-state index in [9.17, 15) is 4.79 Å². The predicted octanol–water partition coefficient (Wildman–Crippen LogP) is 7.44. The molecule has 2 atom stereocenters. The first-order valence-corrected chi connectivity index (χ1v) is 11.6. The van der Waals surface area contributed by atoms with Gasteiger partial charge < -0.3 is 14.5 Å². The predicted molar refractivity (Wildman–Crippen MR) is 133 cm³/mol. The highest BCUT2D eigenvalue weighted by atomic mass is 16.5. The van der Waals surface area contributed by atoms with E-state index in [-0.39, 0.29) is 12.0 Å². The lowest BCUT2D eigenvalue weighted by atomic mass is 9.98. The van der Waals surface area contributed by atoms with Crippen molar-refractivity contribution in [3.63, 3.8) is 0 Å². The molecule has 5 heteroatoms. The van der Waals surface area contributed by atoms with Crippen molar-refractivity contribution in [1.29, 1.82) is 0 Å². The van der Waals surface area contributed by atoms with E-state index in [4.69, 9.17) is 14.1 Å². The Bertz CT molecular complexity index is 1260. The summed E-state index contributed by atoms with van der Waals surface area (Å²) in [6, 6.07) is 20.9. The Labute approximate surface area is 194 Å². The standard InChI is InChI=1S/C28H30N2O3/c1-5-18(3)20-13-14-26-25(17-20)30-28(33-26)22-10-7-11-23(15-22)29-27(31)21-9-8-12-24(16-21)32-19(4)6-2/h7-19H,5-6H2,1-4H3,(H,29,31)/t18-,19-/m1/s1. The normalized spacial score (nSPS) is 13.0. The van der Waals surface area contributed by atoms with Crippen molar-refractivity contribution in [3.05, 3.63) is 77.9 Å². The van der Waals surface area contributed by atoms with Gasteiger partial charge in [-0.2, -0.15) is 0 Å². The first kappa shape index (κ1) is 22.6. The van der Waals surface area contributed by atoms with E-state index in [1.165, 1.54) is 5.56 Å². The van der Waals surface area contributed by atoms with Gasteiger partial charge in [-0.3, -0.25) is 4.79 Å². The molecule has 0 aliphatic carbocycles. The summed E-state index contributed by atoms with van der Waals surface area (Å²) in [7, 11) is 0. The first-order valence-electron chi connectivity index (χ1n) is 11.6. The lowest BCUT2D eigenvalue weighted by Crippen LogP contribution is -2.13. The average Bonchev–Trinajstić information content (AvgIpc) is 3.27. The molecule has 0 aliphatic rings. The fourth-order valence-electron chi connectivity index (χ4n) is 3.57. The second-order valence-electron chi connectivity index (χ2n) is 8.45. The van der Waals surface area contributed by atoms with Crippen LogP contribution in [0.5, 0.6) is 5.75 Å². The molecule has 0 spiro atoms. The molecule has 33 heavy (non-hydrogen) atoms. The van der Waals surface area contributed by atoms with E-state index in [0.29, 0.717) is 28.8 Å². The van der Waals surface area contributed by atoms with Crippen LogP contribution < -0.4 is 10.1 Å². The van der Waals surface area contributed by atoms with Crippen molar-refractivity contribution < 1.29 is 13.9 Å². The molecular weight excluding hydrogens is 412 g/mol. The van der Waals surface area contributed by atoms with E-state index in [1.807, 2.05) is 49.4 Å². The van der Waals surface area contributed by atoms with E-state index in [1.54, 1.807) is 12.1 Å². The molecule has 4 rings (SSSR count). The Morgan fingerprint density at radius 1 is 1.00 bits per heavy atom. The van der Waals surface area contributed by atoms with Crippen LogP contribution in [0.15, 0.2) is 71.1 Å². The number of nitrogens with one attached hydrogen (secondary N) is 1. The van der Waals surface area contributed by atoms with E-state index in [2.05, 4.69) is 38.2 Å². The van der Waals surface area contributed by atoms with Crippen molar-refractivity contribution in [2.24, 2.45) is 0 Å². The zero-order valence-electron chi connectivity index (χ0n) is 19.6. The summed E-state index contributed by atoms with van der Waals surface area (Å²) in [6.45, 7) is 8.46. The van der Waals surface area contributed by atoms with Gasteiger partial charge in [0.1, 0.15) is 11.3 Å². The van der Waals surface area contributed by atoms with Gasteiger partial charge in [-0.05, 0) is 79.8 Å². The van der Waals surface area contributed by atoms with E-state index >= 15 is 0 Å². The second-order valence-corrected chi connectivity index (χ2v) is 8.45. The fourth-order valence-corrected chi connectivity index (χ4v) is 3.57. The average molecular weight is 443 g/mol. The van der Waals surface area contributed by atoms with Gasteiger partial charge in [0.25, 0.3) is 5.91 Å². The highest BCUT2D eigenvalue weighted by Gasteiger charge is 2.13. The Morgan fingerprint density at radius 2 is 1.82 bits per heavy atom. The van der Waals surface area contributed by atoms with Gasteiger partial charge in [0.15, 0.2) is 5.58 Å². The molecule has 0 bridgehead atoms. The number of fused-ring (bicyclic) bond motifs is 1. The molecule has 0 fully saturated rings. The van der Waals surface area contributed by atoms with E-state index < -0.39 is 0 Å². The third-order valence-corrected chi connectivity index (χ3v) is 5.97. The fraction of sp³-hybridized carbons (Fsp3) is 0.286. The van der Waals surface area contributed by atoms with Crippen molar-refractivity contribution in [1.82, 2.24) is 4.98 Å². The number of amides is 1. The Kier molecular flexibility index (Phi) is 6.78. The maximum absolute atomic E-state index is 12.8. The van der Waals surface area contributed by atoms with Gasteiger partial charge in [-0.25, -0.2) is 4.98 Å². The molecule has 1 N–H and O–H groups in total. The van der Waals surface area contributed by atoms with E-state index in [0.717, 1.165) is 29.5 Å². The number of rotatable bonds is 8. The van der Waals surface area contributed by atoms with Crippen LogP contribution in [0, 0.1) is 0 Å². The first-order chi connectivity index (χ1) is 16.0. The number of nitrogens with zero attached hydrogens (tertiary/aromatic N) is 1. The van der Waals surface area contributed by atoms with Crippen molar-refractivity contribution in [2.45, 2.75) is 52.6 Å². The van der Waals surface area contributed by atoms with Crippen LogP contribution >= 0.6 is 0 Å². The molecule has 0 unspecified atom stereocenters. The summed E-state index contributed by atoms with van der Waals surface area (Å²) in [5.41, 5.74) is 4.88. The zero-order valence-corrected chi connectivity index (χ0v) is 19.6. The van der Waals surface area contributed by atoms with Crippen LogP contribution in [0.1, 0.15) is 62.4 Å². The molecule has 5 nitrogen and oxygen atoms in total. The van der Waals surface area contributed by atoms with Gasteiger partial charge in [0.05, 0.1) is 6.10 Å². The number of benzene rings is 3. The third kappa shape index (κ3) is 5.25. The molecule has 0 aliphatic heterocycles. The summed E-state index contributed by atoms with van der Waals surface area (Å²) < 4.78 is 11.8. The molecule has 0 saturated carbocycles. The molecule has 1 amide bonds. The maximum atomic E-state index is 12.8. The number of oxazole rings is 1. The van der Waals surface area contributed by atoms with Crippen molar-refractivity contribution >= 4 is 22.7 Å². The largest absolute Gasteiger partial charge is 0.491 e. The smallest absolute Gasteiger partial charge is 0.255 e. The minimum absolute atomic E-state index is 0.0950. The topological polar surface area (TPSA) is 64.4 Å². The molecule has 4 aromatic rings. The summed E-state index contributed by atoms with van der Waals surface area (Å²) in [5.74, 6) is 1.50. The SMILES string of the molecule is CC[C@@H](C)Oc1cccc(C(=O)Nc2cccc(-c3nc4cc([C@H](C)CC)ccc4o3)c2)c1. The molecule has 0 radical (unpaired) electrons. The third-order valence-electron chi connectivity index (χ3n) is 5.97. The van der Waals surface area contributed by atoms with Gasteiger partial charge in [-0.1, -0.05) is 39.0 Å². The highest BCUT2D eigenvalue weighted by molar-refractivity contribution is 6.04. The Morgan fingerprint density at radius 3 is 2.61 bits per heavy atom. The van der Waals surface area contributed by atoms with Crippen LogP contribution in [-0.4, -0.2) is 17.0 Å².